The molecular formula is C8H7F3N2S. The van der Waals surface area contributed by atoms with Crippen LogP contribution in [0.3, 0.4) is 0 Å². The quantitative estimate of drug-likeness (QED) is 0.774. The molecule has 0 saturated heterocycles. The van der Waals surface area contributed by atoms with Gasteiger partial charge in [0.05, 0.1) is 23.7 Å². The first-order valence-corrected chi connectivity index (χ1v) is 4.08. The molecule has 0 aliphatic rings. The Morgan fingerprint density at radius 2 is 2.00 bits per heavy atom. The number of alkyl halides is 3. The van der Waals surface area contributed by atoms with Crippen molar-refractivity contribution in [3.8, 4) is 0 Å². The van der Waals surface area contributed by atoms with Gasteiger partial charge in [0.1, 0.15) is 0 Å². The highest BCUT2D eigenvalue weighted by Gasteiger charge is 2.33. The lowest BCUT2D eigenvalue weighted by atomic mass is 10.1. The van der Waals surface area contributed by atoms with Crippen LogP contribution in [0.5, 0.6) is 0 Å². The van der Waals surface area contributed by atoms with E-state index in [9.17, 15) is 13.2 Å². The Labute approximate surface area is 84.3 Å². The standard InChI is InChI=1S/C8H7F3N2S/c1-5-3-2-4-6(8(9,10)11)7(5)12-13-14/h2-4H,1H3,(H,12,14). The van der Waals surface area contributed by atoms with Crippen LogP contribution in [0.1, 0.15) is 11.1 Å². The molecule has 0 fully saturated rings. The van der Waals surface area contributed by atoms with Gasteiger partial charge in [-0.3, -0.25) is 5.43 Å². The maximum Gasteiger partial charge on any atom is 0.418 e. The molecule has 14 heavy (non-hydrogen) atoms. The maximum absolute atomic E-state index is 12.4. The van der Waals surface area contributed by atoms with E-state index in [-0.39, 0.29) is 5.69 Å². The zero-order valence-electron chi connectivity index (χ0n) is 7.22. The molecule has 0 spiro atoms. The van der Waals surface area contributed by atoms with Gasteiger partial charge in [-0.05, 0) is 18.6 Å². The minimum atomic E-state index is -4.39. The van der Waals surface area contributed by atoms with E-state index >= 15 is 0 Å². The molecule has 1 aromatic rings. The van der Waals surface area contributed by atoms with Crippen LogP contribution in [-0.4, -0.2) is 0 Å². The third kappa shape index (κ3) is 2.20. The number of aryl methyl sites for hydroxylation is 1. The minimum Gasteiger partial charge on any atom is -0.266 e. The van der Waals surface area contributed by atoms with Crippen molar-refractivity contribution in [2.45, 2.75) is 13.1 Å². The molecule has 0 aliphatic heterocycles. The fourth-order valence-corrected chi connectivity index (χ4v) is 1.19. The van der Waals surface area contributed by atoms with Crippen LogP contribution in [0.25, 0.3) is 0 Å². The molecule has 0 heterocycles. The van der Waals surface area contributed by atoms with E-state index in [1.807, 2.05) is 0 Å². The van der Waals surface area contributed by atoms with Crippen molar-refractivity contribution in [1.29, 1.82) is 0 Å². The van der Waals surface area contributed by atoms with E-state index in [1.165, 1.54) is 6.07 Å². The Kier molecular flexibility index (Phi) is 3.05. The lowest BCUT2D eigenvalue weighted by Crippen LogP contribution is -2.09. The van der Waals surface area contributed by atoms with Gasteiger partial charge in [-0.15, -0.1) is 4.47 Å². The third-order valence-electron chi connectivity index (χ3n) is 1.74. The molecule has 0 unspecified atom stereocenters. The maximum atomic E-state index is 12.4. The number of para-hydroxylation sites is 1. The Hall–Kier alpha value is -1.17. The summed E-state index contributed by atoms with van der Waals surface area (Å²) >= 11 is 4.22. The van der Waals surface area contributed by atoms with Crippen LogP contribution in [0.4, 0.5) is 18.9 Å². The second-order valence-electron chi connectivity index (χ2n) is 2.70. The summed E-state index contributed by atoms with van der Waals surface area (Å²) in [6.07, 6.45) is -4.39. The van der Waals surface area contributed by atoms with Crippen LogP contribution < -0.4 is 5.43 Å². The average Bonchev–Trinajstić information content (AvgIpc) is 2.07. The predicted octanol–water partition coefficient (Wildman–Crippen LogP) is 3.07. The molecule has 0 atom stereocenters. The SMILES string of the molecule is Cc1cccc(C(F)(F)F)c1NN=S. The lowest BCUT2D eigenvalue weighted by Gasteiger charge is -2.13. The molecule has 0 aliphatic carbocycles. The number of hydrogen-bond donors (Lipinski definition) is 1. The summed E-state index contributed by atoms with van der Waals surface area (Å²) in [7, 11) is 0. The minimum absolute atomic E-state index is 0.0880. The predicted molar refractivity (Wildman–Crippen MR) is 49.6 cm³/mol. The van der Waals surface area contributed by atoms with Crippen molar-refractivity contribution in [3.63, 3.8) is 0 Å². The summed E-state index contributed by atoms with van der Waals surface area (Å²) in [5, 5.41) is 0. The van der Waals surface area contributed by atoms with Crippen LogP contribution >= 0.6 is 0 Å². The highest BCUT2D eigenvalue weighted by molar-refractivity contribution is 7.47. The summed E-state index contributed by atoms with van der Waals surface area (Å²) in [5.74, 6) is 0. The van der Waals surface area contributed by atoms with Crippen molar-refractivity contribution < 1.29 is 13.2 Å². The van der Waals surface area contributed by atoms with Crippen LogP contribution in [0.2, 0.25) is 0 Å². The van der Waals surface area contributed by atoms with Gasteiger partial charge in [0, 0.05) is 0 Å². The number of hydrogen-bond acceptors (Lipinski definition) is 2. The fraction of sp³-hybridized carbons (Fsp3) is 0.250. The molecule has 0 saturated carbocycles. The number of halogens is 3. The van der Waals surface area contributed by atoms with E-state index in [0.717, 1.165) is 6.07 Å². The Morgan fingerprint density at radius 1 is 1.36 bits per heavy atom. The van der Waals surface area contributed by atoms with Gasteiger partial charge in [0.25, 0.3) is 0 Å². The van der Waals surface area contributed by atoms with Crippen LogP contribution in [-0.2, 0) is 18.6 Å². The second-order valence-corrected chi connectivity index (χ2v) is 2.88. The van der Waals surface area contributed by atoms with E-state index in [4.69, 9.17) is 0 Å². The zero-order valence-corrected chi connectivity index (χ0v) is 8.04. The molecule has 0 bridgehead atoms. The lowest BCUT2D eigenvalue weighted by molar-refractivity contribution is -0.137. The number of nitrogens with one attached hydrogen (secondary N) is 1. The van der Waals surface area contributed by atoms with Gasteiger partial charge >= 0.3 is 6.18 Å². The Bertz CT molecular complexity index is 349. The van der Waals surface area contributed by atoms with Crippen molar-refractivity contribution in [2.24, 2.45) is 4.47 Å². The molecule has 2 nitrogen and oxygen atoms in total. The topological polar surface area (TPSA) is 24.4 Å². The summed E-state index contributed by atoms with van der Waals surface area (Å²) in [5.41, 5.74) is 1.78. The molecule has 6 heteroatoms. The van der Waals surface area contributed by atoms with Gasteiger partial charge in [0.15, 0.2) is 0 Å². The normalized spacial score (nSPS) is 11.1. The van der Waals surface area contributed by atoms with E-state index in [1.54, 1.807) is 13.0 Å². The Balaban J connectivity index is 3.28. The van der Waals surface area contributed by atoms with Crippen LogP contribution in [0.15, 0.2) is 22.7 Å². The average molecular weight is 220 g/mol. The van der Waals surface area contributed by atoms with Crippen LogP contribution in [0, 0.1) is 6.92 Å². The molecule has 1 rings (SSSR count). The van der Waals surface area contributed by atoms with E-state index in [0.29, 0.717) is 5.56 Å². The first-order chi connectivity index (χ1) is 6.46. The number of nitrogens with zero attached hydrogens (tertiary/aromatic N) is 1. The fourth-order valence-electron chi connectivity index (χ4n) is 1.10. The van der Waals surface area contributed by atoms with Gasteiger partial charge in [0.2, 0.25) is 0 Å². The second kappa shape index (κ2) is 3.91. The first-order valence-electron chi connectivity index (χ1n) is 3.72. The monoisotopic (exact) mass is 220 g/mol. The largest absolute Gasteiger partial charge is 0.418 e. The zero-order chi connectivity index (χ0) is 10.8. The smallest absolute Gasteiger partial charge is 0.266 e. The molecule has 1 N–H and O–H groups in total. The highest BCUT2D eigenvalue weighted by Crippen LogP contribution is 2.36. The molecule has 76 valence electrons. The molecular weight excluding hydrogens is 213 g/mol. The number of benzene rings is 1. The van der Waals surface area contributed by atoms with Gasteiger partial charge in [-0.25, -0.2) is 0 Å². The summed E-state index contributed by atoms with van der Waals surface area (Å²) in [4.78, 5) is 0. The molecule has 1 aromatic carbocycles. The summed E-state index contributed by atoms with van der Waals surface area (Å²) in [6, 6.07) is 3.88. The summed E-state index contributed by atoms with van der Waals surface area (Å²) < 4.78 is 40.4. The summed E-state index contributed by atoms with van der Waals surface area (Å²) in [6.45, 7) is 1.55. The van der Waals surface area contributed by atoms with Gasteiger partial charge in [-0.1, -0.05) is 12.1 Å². The van der Waals surface area contributed by atoms with Crippen molar-refractivity contribution >= 4 is 18.1 Å². The van der Waals surface area contributed by atoms with E-state index < -0.39 is 11.7 Å². The molecule has 0 radical (unpaired) electrons. The third-order valence-corrected chi connectivity index (χ3v) is 1.83. The van der Waals surface area contributed by atoms with Crippen molar-refractivity contribution in [3.05, 3.63) is 29.3 Å². The van der Waals surface area contributed by atoms with E-state index in [2.05, 4.69) is 22.3 Å². The van der Waals surface area contributed by atoms with Crippen molar-refractivity contribution in [2.75, 3.05) is 5.43 Å². The molecule has 0 amide bonds. The first kappa shape index (κ1) is 10.9. The van der Waals surface area contributed by atoms with Crippen molar-refractivity contribution in [1.82, 2.24) is 0 Å². The highest BCUT2D eigenvalue weighted by atomic mass is 32.1. The Morgan fingerprint density at radius 3 is 2.50 bits per heavy atom. The number of anilines is 1. The number of rotatable bonds is 2. The van der Waals surface area contributed by atoms with Gasteiger partial charge in [-0.2, -0.15) is 13.2 Å². The van der Waals surface area contributed by atoms with Gasteiger partial charge < -0.3 is 0 Å². The molecule has 0 aromatic heterocycles.